The highest BCUT2D eigenvalue weighted by Gasteiger charge is 2.67. The monoisotopic (exact) mass is 750 g/mol. The Kier molecular flexibility index (Phi) is 10.1. The van der Waals surface area contributed by atoms with Crippen molar-refractivity contribution in [2.24, 2.45) is 45.3 Å². The van der Waals surface area contributed by atoms with E-state index in [0.29, 0.717) is 24.7 Å². The molecule has 2 saturated heterocycles. The van der Waals surface area contributed by atoms with Crippen molar-refractivity contribution in [3.05, 3.63) is 11.6 Å². The molecule has 0 amide bonds. The normalized spacial score (nSPS) is 52.2. The minimum absolute atomic E-state index is 0.0134. The molecule has 0 aromatic heterocycles. The van der Waals surface area contributed by atoms with Crippen molar-refractivity contribution in [3.63, 3.8) is 0 Å². The molecule has 14 heteroatoms. The number of hydrogen-bond acceptors (Lipinski definition) is 12. The summed E-state index contributed by atoms with van der Waals surface area (Å²) in [6, 6.07) is 0. The molecule has 0 bridgehead atoms. The Morgan fingerprint density at radius 3 is 1.96 bits per heavy atom. The van der Waals surface area contributed by atoms with Crippen LogP contribution < -0.4 is 0 Å². The number of aliphatic hydroxyl groups is 5. The number of aliphatic carboxylic acids is 2. The Labute approximate surface area is 309 Å². The molecular weight excluding hydrogens is 692 g/mol. The summed E-state index contributed by atoms with van der Waals surface area (Å²) >= 11 is 0. The van der Waals surface area contributed by atoms with Gasteiger partial charge in [0.1, 0.15) is 36.6 Å². The van der Waals surface area contributed by atoms with Crippen molar-refractivity contribution in [1.82, 2.24) is 0 Å². The van der Waals surface area contributed by atoms with Gasteiger partial charge in [0.2, 0.25) is 0 Å². The molecule has 0 radical (unpaired) electrons. The van der Waals surface area contributed by atoms with E-state index in [1.165, 1.54) is 31.3 Å². The number of allylic oxidation sites excluding steroid dienone is 2. The van der Waals surface area contributed by atoms with Crippen molar-refractivity contribution in [1.29, 1.82) is 0 Å². The van der Waals surface area contributed by atoms with Gasteiger partial charge in [-0.3, -0.25) is 4.79 Å². The summed E-state index contributed by atoms with van der Waals surface area (Å²) in [5, 5.41) is 72.5. The van der Waals surface area contributed by atoms with Crippen molar-refractivity contribution in [2.45, 2.75) is 166 Å². The Bertz CT molecular complexity index is 1500. The van der Waals surface area contributed by atoms with Gasteiger partial charge in [-0.15, -0.1) is 0 Å². The molecule has 0 aromatic rings. The van der Waals surface area contributed by atoms with Crippen LogP contribution in [0.3, 0.4) is 0 Å². The molecule has 298 valence electrons. The summed E-state index contributed by atoms with van der Waals surface area (Å²) in [6.45, 7) is 11.1. The van der Waals surface area contributed by atoms with E-state index in [1.807, 2.05) is 6.08 Å². The lowest BCUT2D eigenvalue weighted by molar-refractivity contribution is -0.371. The number of rotatable bonds is 6. The zero-order chi connectivity index (χ0) is 38.6. The summed E-state index contributed by atoms with van der Waals surface area (Å²) in [6.07, 6.45) is -7.82. The highest BCUT2D eigenvalue weighted by molar-refractivity contribution is 5.95. The quantitative estimate of drug-likeness (QED) is 0.193. The first-order valence-electron chi connectivity index (χ1n) is 19.5. The number of aliphatic hydroxyl groups excluding tert-OH is 5. The number of carboxylic acid groups (broad SMARTS) is 2. The van der Waals surface area contributed by atoms with E-state index in [2.05, 4.69) is 34.6 Å². The number of hydrogen-bond donors (Lipinski definition) is 7. The maximum atomic E-state index is 14.5. The van der Waals surface area contributed by atoms with Crippen LogP contribution in [0.1, 0.15) is 98.8 Å². The van der Waals surface area contributed by atoms with Gasteiger partial charge < -0.3 is 54.7 Å². The first kappa shape index (κ1) is 39.2. The van der Waals surface area contributed by atoms with Gasteiger partial charge in [-0.05, 0) is 96.9 Å². The van der Waals surface area contributed by atoms with Crippen LogP contribution in [0.4, 0.5) is 0 Å². The van der Waals surface area contributed by atoms with Gasteiger partial charge in [0.15, 0.2) is 30.6 Å². The Balaban J connectivity index is 1.15. The molecule has 4 saturated carbocycles. The van der Waals surface area contributed by atoms with E-state index in [-0.39, 0.29) is 33.9 Å². The minimum Gasteiger partial charge on any atom is -0.479 e. The third-order valence-corrected chi connectivity index (χ3v) is 15.5. The zero-order valence-corrected chi connectivity index (χ0v) is 31.3. The zero-order valence-electron chi connectivity index (χ0n) is 31.3. The van der Waals surface area contributed by atoms with Crippen LogP contribution in [0.2, 0.25) is 0 Å². The third kappa shape index (κ3) is 6.05. The molecule has 2 aliphatic heterocycles. The van der Waals surface area contributed by atoms with Crippen LogP contribution in [0, 0.1) is 45.3 Å². The van der Waals surface area contributed by atoms with Gasteiger partial charge in [-0.2, -0.15) is 0 Å². The molecule has 0 aromatic carbocycles. The van der Waals surface area contributed by atoms with E-state index in [4.69, 9.17) is 18.9 Å². The largest absolute Gasteiger partial charge is 0.479 e. The van der Waals surface area contributed by atoms with Crippen LogP contribution in [0.25, 0.3) is 0 Å². The predicted molar refractivity (Wildman–Crippen MR) is 184 cm³/mol. The molecule has 53 heavy (non-hydrogen) atoms. The molecule has 7 N–H and O–H groups in total. The summed E-state index contributed by atoms with van der Waals surface area (Å²) in [4.78, 5) is 38.4. The molecule has 14 nitrogen and oxygen atoms in total. The average Bonchev–Trinajstić information content (AvgIpc) is 3.07. The molecule has 7 aliphatic rings. The highest BCUT2D eigenvalue weighted by atomic mass is 16.8. The first-order chi connectivity index (χ1) is 24.8. The third-order valence-electron chi connectivity index (χ3n) is 15.5. The van der Waals surface area contributed by atoms with Gasteiger partial charge in [-0.25, -0.2) is 9.59 Å². The number of carbonyl (C=O) groups is 3. The molecule has 18 atom stereocenters. The van der Waals surface area contributed by atoms with Crippen LogP contribution in [0.5, 0.6) is 0 Å². The number of ether oxygens (including phenoxy) is 4. The smallest absolute Gasteiger partial charge is 0.335 e. The van der Waals surface area contributed by atoms with Crippen LogP contribution >= 0.6 is 0 Å². The second-order valence-corrected chi connectivity index (χ2v) is 18.7. The molecule has 13 unspecified atom stereocenters. The minimum atomic E-state index is -2.01. The number of fused-ring (bicyclic) bond motifs is 7. The first-order valence-corrected chi connectivity index (χ1v) is 19.5. The molecule has 5 aliphatic carbocycles. The number of ketones is 1. The standard InChI is InChI=1S/C39H58O14/c1-36(2)21-10-14-38(4)19-9-13-37(3)12-7-6-8-18(37)17(19)16-20(40)31(38)39(21,5)15-11-22(36)50-35-30(26(44)25(43)29(52-35)33(48)49)53-34-27(45)23(41)24(42)28(51-34)32(46)47/h16,18-19,21-31,34-35,41-45H,6-15H2,1-5H3,(H,46,47)(H,48,49)/t18-,19?,21?,22-,23?,24?,25?,26?,27?,28?,29?,30?,31?,34?,35?,37+,38-,39-/m0/s1. The molecule has 7 rings (SSSR count). The van der Waals surface area contributed by atoms with E-state index >= 15 is 0 Å². The molecule has 2 heterocycles. The van der Waals surface area contributed by atoms with Crippen molar-refractivity contribution >= 4 is 17.7 Å². The van der Waals surface area contributed by atoms with Crippen molar-refractivity contribution in [2.75, 3.05) is 0 Å². The van der Waals surface area contributed by atoms with Crippen molar-refractivity contribution in [3.8, 4) is 0 Å². The number of carboxylic acids is 2. The Morgan fingerprint density at radius 2 is 1.30 bits per heavy atom. The van der Waals surface area contributed by atoms with Crippen LogP contribution in [0.15, 0.2) is 11.6 Å². The molecule has 0 spiro atoms. The summed E-state index contributed by atoms with van der Waals surface area (Å²) in [5.74, 6) is -2.34. The Morgan fingerprint density at radius 1 is 0.679 bits per heavy atom. The summed E-state index contributed by atoms with van der Waals surface area (Å²) in [5.41, 5.74) is 0.500. The predicted octanol–water partition coefficient (Wildman–Crippen LogP) is 2.15. The fourth-order valence-electron chi connectivity index (χ4n) is 12.8. The van der Waals surface area contributed by atoms with E-state index in [9.17, 15) is 50.1 Å². The van der Waals surface area contributed by atoms with Gasteiger partial charge in [0, 0.05) is 5.92 Å². The molecule has 6 fully saturated rings. The lowest BCUT2D eigenvalue weighted by atomic mass is 9.37. The van der Waals surface area contributed by atoms with Crippen LogP contribution in [-0.2, 0) is 33.3 Å². The SMILES string of the molecule is CC1(C)C2CC[C@@]3(C)C4CC[C@@]5(C)CCCC[C@H]5C4=CC(=O)C3[C@@]2(C)CC[C@@H]1OC1OC(C(=O)O)C(O)C(O)C1OC1OC(C(=O)O)C(O)C(O)C1O. The molecular formula is C39H58O14. The fraction of sp³-hybridized carbons (Fsp3) is 0.872. The second kappa shape index (κ2) is 13.6. The van der Waals surface area contributed by atoms with Gasteiger partial charge in [-0.1, -0.05) is 53.0 Å². The van der Waals surface area contributed by atoms with Gasteiger partial charge >= 0.3 is 11.9 Å². The van der Waals surface area contributed by atoms with Gasteiger partial charge in [0.25, 0.3) is 0 Å². The fourth-order valence-corrected chi connectivity index (χ4v) is 12.8. The van der Waals surface area contributed by atoms with Gasteiger partial charge in [0.05, 0.1) is 6.10 Å². The maximum absolute atomic E-state index is 14.5. The lowest BCUT2D eigenvalue weighted by Gasteiger charge is -2.67. The summed E-state index contributed by atoms with van der Waals surface area (Å²) in [7, 11) is 0. The van der Waals surface area contributed by atoms with E-state index < -0.39 is 84.9 Å². The summed E-state index contributed by atoms with van der Waals surface area (Å²) < 4.78 is 23.4. The second-order valence-electron chi connectivity index (χ2n) is 18.7. The lowest BCUT2D eigenvalue weighted by Crippen LogP contribution is -2.67. The Hall–Kier alpha value is -2.01. The van der Waals surface area contributed by atoms with E-state index in [0.717, 1.165) is 25.7 Å². The van der Waals surface area contributed by atoms with Crippen molar-refractivity contribution < 1.29 is 69.1 Å². The van der Waals surface area contributed by atoms with E-state index in [1.54, 1.807) is 0 Å². The average molecular weight is 751 g/mol. The maximum Gasteiger partial charge on any atom is 0.335 e. The number of carbonyl (C=O) groups excluding carboxylic acids is 1. The topological polar surface area (TPSA) is 230 Å². The highest BCUT2D eigenvalue weighted by Crippen LogP contribution is 2.71. The van der Waals surface area contributed by atoms with Crippen LogP contribution in [-0.4, -0.2) is 121 Å².